The molecule has 0 rings (SSSR count). The molecule has 0 aliphatic rings. The Bertz CT molecular complexity index is 887. The second kappa shape index (κ2) is 16.3. The molecule has 216 valence electrons. The number of carboxylic acid groups (broad SMARTS) is 3. The first kappa shape index (κ1) is 34.5. The van der Waals surface area contributed by atoms with Gasteiger partial charge in [0.1, 0.15) is 12.1 Å². The Kier molecular flexibility index (Phi) is 14.8. The first-order chi connectivity index (χ1) is 17.5. The van der Waals surface area contributed by atoms with E-state index in [0.717, 1.165) is 0 Å². The highest BCUT2D eigenvalue weighted by Gasteiger charge is 2.34. The van der Waals surface area contributed by atoms with Crippen LogP contribution in [0.2, 0.25) is 0 Å². The maximum Gasteiger partial charge on any atom is 0.305 e. The molecule has 0 bridgehead atoms. The van der Waals surface area contributed by atoms with Crippen LogP contribution >= 0.6 is 0 Å². The van der Waals surface area contributed by atoms with E-state index >= 15 is 0 Å². The van der Waals surface area contributed by atoms with Crippen molar-refractivity contribution in [1.82, 2.24) is 21.3 Å². The summed E-state index contributed by atoms with van der Waals surface area (Å²) in [4.78, 5) is 84.8. The highest BCUT2D eigenvalue weighted by Crippen LogP contribution is 2.09. The zero-order chi connectivity index (χ0) is 29.7. The lowest BCUT2D eigenvalue weighted by molar-refractivity contribution is -0.142. The topological polar surface area (TPSA) is 228 Å². The molecule has 0 heterocycles. The monoisotopic (exact) mass is 544 g/mol. The SMILES string of the molecule is CC(C)N[C@@H](CC(=O)O)C(=O)N[C@@H](CCC(=O)O)C(=O)N[C@H](C(=O)N[C@@H](CC(=O)O)C(=O)C(C)C)C(C)C. The van der Waals surface area contributed by atoms with Gasteiger partial charge in [0.25, 0.3) is 0 Å². The van der Waals surface area contributed by atoms with Crippen LogP contribution in [-0.4, -0.2) is 86.9 Å². The quantitative estimate of drug-likeness (QED) is 0.116. The molecule has 0 saturated carbocycles. The highest BCUT2D eigenvalue weighted by molar-refractivity contribution is 5.97. The van der Waals surface area contributed by atoms with Gasteiger partial charge in [-0.1, -0.05) is 41.5 Å². The fourth-order valence-electron chi connectivity index (χ4n) is 3.46. The third kappa shape index (κ3) is 13.1. The number of carboxylic acids is 3. The van der Waals surface area contributed by atoms with E-state index in [1.807, 2.05) is 0 Å². The van der Waals surface area contributed by atoms with Gasteiger partial charge in [0.2, 0.25) is 17.7 Å². The van der Waals surface area contributed by atoms with Gasteiger partial charge in [0, 0.05) is 18.4 Å². The lowest BCUT2D eigenvalue weighted by Gasteiger charge is -2.28. The van der Waals surface area contributed by atoms with E-state index in [9.17, 15) is 33.6 Å². The maximum atomic E-state index is 13.1. The molecule has 4 atom stereocenters. The van der Waals surface area contributed by atoms with Gasteiger partial charge in [-0.2, -0.15) is 0 Å². The van der Waals surface area contributed by atoms with E-state index in [1.54, 1.807) is 41.5 Å². The van der Waals surface area contributed by atoms with Gasteiger partial charge in [0.15, 0.2) is 5.78 Å². The van der Waals surface area contributed by atoms with Crippen molar-refractivity contribution in [3.05, 3.63) is 0 Å². The summed E-state index contributed by atoms with van der Waals surface area (Å²) in [5.41, 5.74) is 0. The van der Waals surface area contributed by atoms with E-state index < -0.39 is 96.7 Å². The van der Waals surface area contributed by atoms with Crippen molar-refractivity contribution in [3.63, 3.8) is 0 Å². The number of ketones is 1. The number of aliphatic carboxylic acids is 3. The minimum atomic E-state index is -1.43. The molecule has 38 heavy (non-hydrogen) atoms. The van der Waals surface area contributed by atoms with E-state index in [1.165, 1.54) is 0 Å². The minimum absolute atomic E-state index is 0.280. The van der Waals surface area contributed by atoms with Crippen molar-refractivity contribution in [1.29, 1.82) is 0 Å². The van der Waals surface area contributed by atoms with E-state index in [-0.39, 0.29) is 12.5 Å². The number of nitrogens with one attached hydrogen (secondary N) is 4. The zero-order valence-electron chi connectivity index (χ0n) is 22.6. The van der Waals surface area contributed by atoms with Gasteiger partial charge in [-0.05, 0) is 12.3 Å². The zero-order valence-corrected chi connectivity index (χ0v) is 22.6. The fraction of sp³-hybridized carbons (Fsp3) is 0.708. The standard InChI is InChI=1S/C24H40N4O10/c1-11(2)20(24(38)27-15(9-18(31)32)21(35)12(3)4)28-22(36)14(7-8-17(29)30)26-23(37)16(10-19(33)34)25-13(5)6/h11-16,20,25H,7-10H2,1-6H3,(H,26,37)(H,27,38)(H,28,36)(H,29,30)(H,31,32)(H,33,34)/t14-,15-,16-,20-/m0/s1. The van der Waals surface area contributed by atoms with Crippen molar-refractivity contribution in [2.24, 2.45) is 11.8 Å². The van der Waals surface area contributed by atoms with Crippen LogP contribution in [0.5, 0.6) is 0 Å². The molecule has 0 aromatic heterocycles. The molecule has 0 saturated heterocycles. The molecule has 0 aliphatic carbocycles. The average molecular weight is 545 g/mol. The van der Waals surface area contributed by atoms with Gasteiger partial charge in [0.05, 0.1) is 24.9 Å². The van der Waals surface area contributed by atoms with Crippen molar-refractivity contribution in [2.45, 2.75) is 97.4 Å². The van der Waals surface area contributed by atoms with Gasteiger partial charge < -0.3 is 36.6 Å². The van der Waals surface area contributed by atoms with E-state index in [0.29, 0.717) is 0 Å². The second-order valence-corrected chi connectivity index (χ2v) is 9.91. The molecule has 0 aromatic rings. The lowest BCUT2D eigenvalue weighted by Crippen LogP contribution is -2.59. The maximum absolute atomic E-state index is 13.1. The summed E-state index contributed by atoms with van der Waals surface area (Å²) in [5, 5.41) is 37.3. The molecule has 0 fully saturated rings. The third-order valence-corrected chi connectivity index (χ3v) is 5.36. The first-order valence-electron chi connectivity index (χ1n) is 12.3. The normalized spacial score (nSPS) is 14.3. The number of hydrogen-bond acceptors (Lipinski definition) is 8. The minimum Gasteiger partial charge on any atom is -0.481 e. The molecule has 14 nitrogen and oxygen atoms in total. The summed E-state index contributed by atoms with van der Waals surface area (Å²) in [5.74, 6) is -8.03. The van der Waals surface area contributed by atoms with Gasteiger partial charge in [-0.25, -0.2) is 0 Å². The molecule has 0 aromatic carbocycles. The van der Waals surface area contributed by atoms with E-state index in [4.69, 9.17) is 15.3 Å². The lowest BCUT2D eigenvalue weighted by atomic mass is 9.97. The Morgan fingerprint density at radius 3 is 1.50 bits per heavy atom. The largest absolute Gasteiger partial charge is 0.481 e. The van der Waals surface area contributed by atoms with Crippen molar-refractivity contribution in [2.75, 3.05) is 0 Å². The summed E-state index contributed by atoms with van der Waals surface area (Å²) >= 11 is 0. The summed E-state index contributed by atoms with van der Waals surface area (Å²) in [6, 6.07) is -5.51. The van der Waals surface area contributed by atoms with Crippen LogP contribution < -0.4 is 21.3 Å². The summed E-state index contributed by atoms with van der Waals surface area (Å²) in [6.07, 6.45) is -2.12. The number of Topliss-reactive ketones (excluding diaryl/α,β-unsaturated/α-hetero) is 1. The van der Waals surface area contributed by atoms with Crippen molar-refractivity contribution in [3.8, 4) is 0 Å². The van der Waals surface area contributed by atoms with Crippen LogP contribution in [0.4, 0.5) is 0 Å². The first-order valence-corrected chi connectivity index (χ1v) is 12.3. The fourth-order valence-corrected chi connectivity index (χ4v) is 3.46. The smallest absolute Gasteiger partial charge is 0.305 e. The Morgan fingerprint density at radius 2 is 1.08 bits per heavy atom. The molecule has 0 aliphatic heterocycles. The Balaban J connectivity index is 5.84. The number of carbonyl (C=O) groups excluding carboxylic acids is 4. The number of hydrogen-bond donors (Lipinski definition) is 7. The molecular formula is C24H40N4O10. The highest BCUT2D eigenvalue weighted by atomic mass is 16.4. The number of carbonyl (C=O) groups is 7. The van der Waals surface area contributed by atoms with Crippen LogP contribution in [0.15, 0.2) is 0 Å². The van der Waals surface area contributed by atoms with Crippen LogP contribution in [-0.2, 0) is 33.6 Å². The van der Waals surface area contributed by atoms with Crippen LogP contribution in [0.25, 0.3) is 0 Å². The molecule has 3 amide bonds. The van der Waals surface area contributed by atoms with Gasteiger partial charge in [-0.3, -0.25) is 33.6 Å². The molecule has 0 radical (unpaired) electrons. The molecular weight excluding hydrogens is 504 g/mol. The predicted molar refractivity (Wildman–Crippen MR) is 134 cm³/mol. The van der Waals surface area contributed by atoms with Gasteiger partial charge in [-0.15, -0.1) is 0 Å². The summed E-state index contributed by atoms with van der Waals surface area (Å²) in [7, 11) is 0. The van der Waals surface area contributed by atoms with Crippen molar-refractivity contribution >= 4 is 41.4 Å². The van der Waals surface area contributed by atoms with Gasteiger partial charge >= 0.3 is 17.9 Å². The average Bonchev–Trinajstić information content (AvgIpc) is 2.76. The molecule has 7 N–H and O–H groups in total. The second-order valence-electron chi connectivity index (χ2n) is 9.91. The predicted octanol–water partition coefficient (Wildman–Crippen LogP) is -0.497. The Hall–Kier alpha value is -3.55. The molecule has 0 unspecified atom stereocenters. The third-order valence-electron chi connectivity index (χ3n) is 5.36. The molecule has 0 spiro atoms. The van der Waals surface area contributed by atoms with Crippen LogP contribution in [0.3, 0.4) is 0 Å². The van der Waals surface area contributed by atoms with Crippen LogP contribution in [0, 0.1) is 11.8 Å². The number of amides is 3. The molecule has 14 heteroatoms. The van der Waals surface area contributed by atoms with Crippen LogP contribution in [0.1, 0.15) is 67.2 Å². The number of rotatable bonds is 18. The Labute approximate surface area is 221 Å². The van der Waals surface area contributed by atoms with E-state index in [2.05, 4.69) is 21.3 Å². The summed E-state index contributed by atoms with van der Waals surface area (Å²) in [6.45, 7) is 9.64. The summed E-state index contributed by atoms with van der Waals surface area (Å²) < 4.78 is 0. The Morgan fingerprint density at radius 1 is 0.605 bits per heavy atom. The van der Waals surface area contributed by atoms with Crippen molar-refractivity contribution < 1.29 is 48.9 Å².